The van der Waals surface area contributed by atoms with Gasteiger partial charge in [-0.15, -0.1) is 0 Å². The minimum atomic E-state index is -0.493. The zero-order valence-corrected chi connectivity index (χ0v) is 14.9. The molecule has 0 aliphatic heterocycles. The van der Waals surface area contributed by atoms with Crippen LogP contribution in [0.1, 0.15) is 33.5 Å². The Kier molecular flexibility index (Phi) is 5.46. The number of para-hydroxylation sites is 2. The van der Waals surface area contributed by atoms with Gasteiger partial charge in [0.25, 0.3) is 11.8 Å². The summed E-state index contributed by atoms with van der Waals surface area (Å²) in [6, 6.07) is 11.6. The lowest BCUT2D eigenvalue weighted by Crippen LogP contribution is -2.17. The van der Waals surface area contributed by atoms with Gasteiger partial charge >= 0.3 is 0 Å². The van der Waals surface area contributed by atoms with Crippen molar-refractivity contribution in [3.8, 4) is 5.75 Å². The van der Waals surface area contributed by atoms with Gasteiger partial charge in [-0.2, -0.15) is 0 Å². The number of hydrogen-bond acceptors (Lipinski definition) is 6. The predicted molar refractivity (Wildman–Crippen MR) is 99.0 cm³/mol. The van der Waals surface area contributed by atoms with Gasteiger partial charge in [-0.25, -0.2) is 0 Å². The van der Waals surface area contributed by atoms with E-state index >= 15 is 0 Å². The monoisotopic (exact) mass is 366 g/mol. The fourth-order valence-corrected chi connectivity index (χ4v) is 2.35. The Morgan fingerprint density at radius 2 is 1.93 bits per heavy atom. The SMILES string of the molecule is CCOc1ccccc1NC(=O)c1ccnc(C(=O)Nc2cc(C)on2)c1. The van der Waals surface area contributed by atoms with Crippen LogP contribution in [0.15, 0.2) is 53.2 Å². The first-order valence-corrected chi connectivity index (χ1v) is 8.30. The average Bonchev–Trinajstić information content (AvgIpc) is 3.08. The van der Waals surface area contributed by atoms with Crippen LogP contribution >= 0.6 is 0 Å². The van der Waals surface area contributed by atoms with Gasteiger partial charge in [-0.3, -0.25) is 14.6 Å². The highest BCUT2D eigenvalue weighted by atomic mass is 16.5. The van der Waals surface area contributed by atoms with Crippen LogP contribution in [-0.2, 0) is 0 Å². The molecular formula is C19H18N4O4. The number of nitrogens with one attached hydrogen (secondary N) is 2. The average molecular weight is 366 g/mol. The van der Waals surface area contributed by atoms with Crippen LogP contribution in [0.5, 0.6) is 5.75 Å². The lowest BCUT2D eigenvalue weighted by molar-refractivity contribution is 0.102. The second kappa shape index (κ2) is 8.13. The molecule has 0 saturated heterocycles. The Morgan fingerprint density at radius 3 is 2.67 bits per heavy atom. The molecule has 0 aliphatic carbocycles. The van der Waals surface area contributed by atoms with E-state index in [1.54, 1.807) is 31.2 Å². The Labute approximate surface area is 155 Å². The molecule has 2 heterocycles. The number of aryl methyl sites for hydroxylation is 1. The van der Waals surface area contributed by atoms with Crippen molar-refractivity contribution in [1.82, 2.24) is 10.1 Å². The van der Waals surface area contributed by atoms with Gasteiger partial charge < -0.3 is 19.9 Å². The molecule has 0 atom stereocenters. The van der Waals surface area contributed by atoms with Crippen LogP contribution in [0.4, 0.5) is 11.5 Å². The number of carbonyl (C=O) groups is 2. The summed E-state index contributed by atoms with van der Waals surface area (Å²) in [6.45, 7) is 4.06. The van der Waals surface area contributed by atoms with E-state index in [0.717, 1.165) is 0 Å². The zero-order valence-electron chi connectivity index (χ0n) is 14.9. The molecule has 0 radical (unpaired) electrons. The number of rotatable bonds is 6. The fourth-order valence-electron chi connectivity index (χ4n) is 2.35. The standard InChI is InChI=1S/C19H18N4O4/c1-3-26-16-7-5-4-6-14(16)21-18(24)13-8-9-20-15(11-13)19(25)22-17-10-12(2)27-23-17/h4-11H,3H2,1-2H3,(H,21,24)(H,22,23,25). The van der Waals surface area contributed by atoms with E-state index in [2.05, 4.69) is 20.8 Å². The molecule has 3 rings (SSSR count). The maximum absolute atomic E-state index is 12.6. The molecule has 2 aromatic heterocycles. The highest BCUT2D eigenvalue weighted by Crippen LogP contribution is 2.24. The molecule has 138 valence electrons. The summed E-state index contributed by atoms with van der Waals surface area (Å²) >= 11 is 0. The molecular weight excluding hydrogens is 348 g/mol. The quantitative estimate of drug-likeness (QED) is 0.693. The van der Waals surface area contributed by atoms with E-state index in [1.165, 1.54) is 18.3 Å². The fraction of sp³-hybridized carbons (Fsp3) is 0.158. The van der Waals surface area contributed by atoms with Crippen LogP contribution in [0.25, 0.3) is 0 Å². The lowest BCUT2D eigenvalue weighted by Gasteiger charge is -2.11. The third-order valence-electron chi connectivity index (χ3n) is 3.56. The van der Waals surface area contributed by atoms with Gasteiger partial charge in [0.05, 0.1) is 12.3 Å². The third-order valence-corrected chi connectivity index (χ3v) is 3.56. The number of amides is 2. The summed E-state index contributed by atoms with van der Waals surface area (Å²) in [4.78, 5) is 28.8. The van der Waals surface area contributed by atoms with Crippen LogP contribution in [0, 0.1) is 6.92 Å². The van der Waals surface area contributed by atoms with Crippen molar-refractivity contribution in [1.29, 1.82) is 0 Å². The number of anilines is 2. The van der Waals surface area contributed by atoms with Crippen molar-refractivity contribution in [3.05, 3.63) is 65.7 Å². The Balaban J connectivity index is 1.75. The van der Waals surface area contributed by atoms with Crippen molar-refractivity contribution < 1.29 is 18.8 Å². The second-order valence-corrected chi connectivity index (χ2v) is 5.59. The number of benzene rings is 1. The minimum Gasteiger partial charge on any atom is -0.492 e. The smallest absolute Gasteiger partial charge is 0.275 e. The normalized spacial score (nSPS) is 10.3. The number of pyridine rings is 1. The lowest BCUT2D eigenvalue weighted by atomic mass is 10.2. The molecule has 0 spiro atoms. The minimum absolute atomic E-state index is 0.0846. The molecule has 2 N–H and O–H groups in total. The molecule has 8 nitrogen and oxygen atoms in total. The number of aromatic nitrogens is 2. The number of ether oxygens (including phenoxy) is 1. The topological polar surface area (TPSA) is 106 Å². The van der Waals surface area contributed by atoms with Crippen LogP contribution in [0.3, 0.4) is 0 Å². The highest BCUT2D eigenvalue weighted by molar-refractivity contribution is 6.08. The summed E-state index contributed by atoms with van der Waals surface area (Å²) in [5, 5.41) is 9.04. The molecule has 0 bridgehead atoms. The van der Waals surface area contributed by atoms with Crippen molar-refractivity contribution in [2.45, 2.75) is 13.8 Å². The molecule has 0 fully saturated rings. The predicted octanol–water partition coefficient (Wildman–Crippen LogP) is 3.28. The third kappa shape index (κ3) is 4.49. The maximum Gasteiger partial charge on any atom is 0.275 e. The number of hydrogen-bond donors (Lipinski definition) is 2. The van der Waals surface area contributed by atoms with Gasteiger partial charge in [0.2, 0.25) is 0 Å². The summed E-state index contributed by atoms with van der Waals surface area (Å²) in [5.74, 6) is 0.546. The van der Waals surface area contributed by atoms with Gasteiger partial charge in [0.1, 0.15) is 17.2 Å². The van der Waals surface area contributed by atoms with Gasteiger partial charge in [-0.05, 0) is 38.1 Å². The van der Waals surface area contributed by atoms with Gasteiger partial charge in [0, 0.05) is 17.8 Å². The van der Waals surface area contributed by atoms with E-state index in [-0.39, 0.29) is 23.0 Å². The van der Waals surface area contributed by atoms with Gasteiger partial charge in [0.15, 0.2) is 5.82 Å². The Hall–Kier alpha value is -3.68. The Bertz CT molecular complexity index is 968. The van der Waals surface area contributed by atoms with Crippen LogP contribution < -0.4 is 15.4 Å². The van der Waals surface area contributed by atoms with Crippen molar-refractivity contribution >= 4 is 23.3 Å². The van der Waals surface area contributed by atoms with Crippen molar-refractivity contribution in [2.24, 2.45) is 0 Å². The summed E-state index contributed by atoms with van der Waals surface area (Å²) < 4.78 is 10.4. The van der Waals surface area contributed by atoms with Crippen LogP contribution in [0.2, 0.25) is 0 Å². The van der Waals surface area contributed by atoms with E-state index in [4.69, 9.17) is 9.26 Å². The molecule has 27 heavy (non-hydrogen) atoms. The zero-order chi connectivity index (χ0) is 19.2. The van der Waals surface area contributed by atoms with Crippen LogP contribution in [-0.4, -0.2) is 28.6 Å². The summed E-state index contributed by atoms with van der Waals surface area (Å²) in [7, 11) is 0. The first-order valence-electron chi connectivity index (χ1n) is 8.30. The van der Waals surface area contributed by atoms with E-state index in [9.17, 15) is 9.59 Å². The Morgan fingerprint density at radius 1 is 1.11 bits per heavy atom. The van der Waals surface area contributed by atoms with E-state index in [1.807, 2.05) is 13.0 Å². The second-order valence-electron chi connectivity index (χ2n) is 5.59. The molecule has 3 aromatic rings. The van der Waals surface area contributed by atoms with E-state index < -0.39 is 5.91 Å². The maximum atomic E-state index is 12.6. The molecule has 0 saturated carbocycles. The molecule has 8 heteroatoms. The number of carbonyl (C=O) groups excluding carboxylic acids is 2. The molecule has 0 aliphatic rings. The molecule has 0 unspecified atom stereocenters. The summed E-state index contributed by atoms with van der Waals surface area (Å²) in [6.07, 6.45) is 1.40. The largest absolute Gasteiger partial charge is 0.492 e. The van der Waals surface area contributed by atoms with E-state index in [0.29, 0.717) is 23.8 Å². The van der Waals surface area contributed by atoms with Gasteiger partial charge in [-0.1, -0.05) is 17.3 Å². The first kappa shape index (κ1) is 18.1. The van der Waals surface area contributed by atoms with Crippen molar-refractivity contribution in [2.75, 3.05) is 17.2 Å². The molecule has 2 amide bonds. The number of nitrogens with zero attached hydrogens (tertiary/aromatic N) is 2. The highest BCUT2D eigenvalue weighted by Gasteiger charge is 2.15. The van der Waals surface area contributed by atoms with Crippen molar-refractivity contribution in [3.63, 3.8) is 0 Å². The first-order chi connectivity index (χ1) is 13.1. The molecule has 1 aromatic carbocycles. The summed E-state index contributed by atoms with van der Waals surface area (Å²) in [5.41, 5.74) is 0.921.